The summed E-state index contributed by atoms with van der Waals surface area (Å²) >= 11 is 6.07. The molecule has 1 aromatic heterocycles. The maximum atomic E-state index is 13.4. The second-order valence-electron chi connectivity index (χ2n) is 7.72. The minimum absolute atomic E-state index is 0.0315. The van der Waals surface area contributed by atoms with E-state index in [1.807, 2.05) is 85.5 Å². The van der Waals surface area contributed by atoms with Crippen molar-refractivity contribution >= 4 is 17.5 Å². The van der Waals surface area contributed by atoms with Crippen molar-refractivity contribution in [3.05, 3.63) is 106 Å². The van der Waals surface area contributed by atoms with E-state index in [9.17, 15) is 4.79 Å². The van der Waals surface area contributed by atoms with E-state index in [4.69, 9.17) is 16.1 Å². The van der Waals surface area contributed by atoms with Crippen LogP contribution < -0.4 is 0 Å². The van der Waals surface area contributed by atoms with Gasteiger partial charge in [0.2, 0.25) is 11.7 Å². The number of hydrogen-bond donors (Lipinski definition) is 0. The Balaban J connectivity index is 1.55. The van der Waals surface area contributed by atoms with Crippen LogP contribution in [0.3, 0.4) is 0 Å². The fraction of sp³-hybridized carbons (Fsp3) is 0.192. The molecule has 1 atom stereocenters. The van der Waals surface area contributed by atoms with Crippen LogP contribution in [0, 0.1) is 6.92 Å². The van der Waals surface area contributed by atoms with Gasteiger partial charge in [-0.25, -0.2) is 0 Å². The highest BCUT2D eigenvalue weighted by Gasteiger charge is 2.23. The third kappa shape index (κ3) is 5.06. The summed E-state index contributed by atoms with van der Waals surface area (Å²) in [4.78, 5) is 19.7. The fourth-order valence-electron chi connectivity index (χ4n) is 3.56. The summed E-state index contributed by atoms with van der Waals surface area (Å²) in [6.07, 6.45) is 0.447. The van der Waals surface area contributed by atoms with Gasteiger partial charge in [-0.1, -0.05) is 76.9 Å². The number of carbonyl (C=O) groups is 1. The first-order valence-electron chi connectivity index (χ1n) is 10.5. The number of amides is 1. The highest BCUT2D eigenvalue weighted by molar-refractivity contribution is 6.30. The van der Waals surface area contributed by atoms with E-state index in [0.29, 0.717) is 35.3 Å². The van der Waals surface area contributed by atoms with Crippen molar-refractivity contribution in [2.75, 3.05) is 6.54 Å². The van der Waals surface area contributed by atoms with E-state index < -0.39 is 0 Å². The van der Waals surface area contributed by atoms with Crippen LogP contribution in [-0.4, -0.2) is 27.5 Å². The molecule has 3 aromatic carbocycles. The van der Waals surface area contributed by atoms with Gasteiger partial charge in [0.25, 0.3) is 5.91 Å². The molecule has 0 radical (unpaired) electrons. The van der Waals surface area contributed by atoms with E-state index in [1.54, 1.807) is 12.1 Å². The van der Waals surface area contributed by atoms with Crippen molar-refractivity contribution in [3.8, 4) is 11.4 Å². The molecular weight excluding hydrogens is 422 g/mol. The Labute approximate surface area is 192 Å². The molecular formula is C26H24ClN3O2. The molecule has 162 valence electrons. The van der Waals surface area contributed by atoms with Gasteiger partial charge in [0.15, 0.2) is 0 Å². The molecule has 5 nitrogen and oxygen atoms in total. The largest absolute Gasteiger partial charge is 0.339 e. The van der Waals surface area contributed by atoms with E-state index in [1.165, 1.54) is 0 Å². The van der Waals surface area contributed by atoms with Crippen molar-refractivity contribution in [3.63, 3.8) is 0 Å². The Morgan fingerprint density at radius 2 is 1.78 bits per heavy atom. The minimum Gasteiger partial charge on any atom is -0.339 e. The van der Waals surface area contributed by atoms with Crippen LogP contribution in [0.5, 0.6) is 0 Å². The second kappa shape index (κ2) is 9.79. The second-order valence-corrected chi connectivity index (χ2v) is 8.16. The number of rotatable bonds is 7. The van der Waals surface area contributed by atoms with Gasteiger partial charge in [0.05, 0.1) is 6.04 Å². The van der Waals surface area contributed by atoms with Crippen LogP contribution in [0.25, 0.3) is 11.4 Å². The molecule has 0 bridgehead atoms. The van der Waals surface area contributed by atoms with Gasteiger partial charge in [-0.05, 0) is 43.7 Å². The van der Waals surface area contributed by atoms with Crippen LogP contribution in [0.1, 0.15) is 40.3 Å². The van der Waals surface area contributed by atoms with Crippen LogP contribution in [0.2, 0.25) is 5.02 Å². The first-order chi connectivity index (χ1) is 15.5. The average Bonchev–Trinajstić information content (AvgIpc) is 3.29. The lowest BCUT2D eigenvalue weighted by Crippen LogP contribution is -2.35. The topological polar surface area (TPSA) is 59.2 Å². The zero-order valence-corrected chi connectivity index (χ0v) is 18.8. The van der Waals surface area contributed by atoms with Gasteiger partial charge >= 0.3 is 0 Å². The van der Waals surface area contributed by atoms with Crippen LogP contribution >= 0.6 is 11.6 Å². The van der Waals surface area contributed by atoms with Crippen LogP contribution in [0.4, 0.5) is 0 Å². The quantitative estimate of drug-likeness (QED) is 0.342. The van der Waals surface area contributed by atoms with Gasteiger partial charge in [0, 0.05) is 29.1 Å². The number of aromatic nitrogens is 2. The van der Waals surface area contributed by atoms with Crippen LogP contribution in [-0.2, 0) is 6.42 Å². The number of halogens is 1. The van der Waals surface area contributed by atoms with Crippen molar-refractivity contribution < 1.29 is 9.32 Å². The minimum atomic E-state index is -0.111. The Kier molecular flexibility index (Phi) is 6.66. The Morgan fingerprint density at radius 3 is 2.50 bits per heavy atom. The van der Waals surface area contributed by atoms with Gasteiger partial charge in [-0.15, -0.1) is 0 Å². The lowest BCUT2D eigenvalue weighted by atomic mass is 10.0. The summed E-state index contributed by atoms with van der Waals surface area (Å²) in [5, 5.41) is 4.68. The Bertz CT molecular complexity index is 1190. The monoisotopic (exact) mass is 445 g/mol. The molecule has 4 aromatic rings. The predicted octanol–water partition coefficient (Wildman–Crippen LogP) is 6.14. The SMILES string of the molecule is Cc1ccc(C(=O)N(CCc2nc(-c3cccc(Cl)c3)no2)C(C)c2ccccc2)cc1. The Morgan fingerprint density at radius 1 is 1.03 bits per heavy atom. The van der Waals surface area contributed by atoms with E-state index in [2.05, 4.69) is 10.1 Å². The number of aryl methyl sites for hydroxylation is 1. The third-order valence-corrected chi connectivity index (χ3v) is 5.66. The molecule has 1 heterocycles. The summed E-state index contributed by atoms with van der Waals surface area (Å²) in [5.74, 6) is 0.924. The number of benzene rings is 3. The van der Waals surface area contributed by atoms with Crippen LogP contribution in [0.15, 0.2) is 83.4 Å². The summed E-state index contributed by atoms with van der Waals surface area (Å²) in [7, 11) is 0. The van der Waals surface area contributed by atoms with Gasteiger partial charge < -0.3 is 9.42 Å². The maximum Gasteiger partial charge on any atom is 0.254 e. The molecule has 1 unspecified atom stereocenters. The summed E-state index contributed by atoms with van der Waals surface area (Å²) < 4.78 is 5.45. The first-order valence-corrected chi connectivity index (χ1v) is 10.9. The third-order valence-electron chi connectivity index (χ3n) is 5.43. The lowest BCUT2D eigenvalue weighted by molar-refractivity contribution is 0.0689. The van der Waals surface area contributed by atoms with E-state index in [-0.39, 0.29) is 11.9 Å². The van der Waals surface area contributed by atoms with Crippen molar-refractivity contribution in [1.82, 2.24) is 15.0 Å². The van der Waals surface area contributed by atoms with E-state index in [0.717, 1.165) is 16.7 Å². The van der Waals surface area contributed by atoms with Gasteiger partial charge in [-0.2, -0.15) is 4.98 Å². The standard InChI is InChI=1S/C26H24ClN3O2/c1-18-11-13-21(14-12-18)26(31)30(19(2)20-7-4-3-5-8-20)16-15-24-28-25(29-32-24)22-9-6-10-23(27)17-22/h3-14,17,19H,15-16H2,1-2H3. The predicted molar refractivity (Wildman–Crippen MR) is 126 cm³/mol. The summed E-state index contributed by atoms with van der Waals surface area (Å²) in [6, 6.07) is 24.8. The average molecular weight is 446 g/mol. The van der Waals surface area contributed by atoms with Gasteiger partial charge in [-0.3, -0.25) is 4.79 Å². The summed E-state index contributed by atoms with van der Waals surface area (Å²) in [5.41, 5.74) is 3.63. The van der Waals surface area contributed by atoms with Crippen molar-refractivity contribution in [1.29, 1.82) is 0 Å². The number of carbonyl (C=O) groups excluding carboxylic acids is 1. The molecule has 32 heavy (non-hydrogen) atoms. The molecule has 0 aliphatic carbocycles. The molecule has 0 saturated heterocycles. The maximum absolute atomic E-state index is 13.4. The lowest BCUT2D eigenvalue weighted by Gasteiger charge is -2.29. The molecule has 0 fully saturated rings. The molecule has 0 aliphatic heterocycles. The first kappa shape index (κ1) is 21.8. The molecule has 0 aliphatic rings. The Hall–Kier alpha value is -3.44. The van der Waals surface area contributed by atoms with Crippen molar-refractivity contribution in [2.45, 2.75) is 26.3 Å². The molecule has 0 saturated carbocycles. The highest BCUT2D eigenvalue weighted by Crippen LogP contribution is 2.24. The van der Waals surface area contributed by atoms with Gasteiger partial charge in [0.1, 0.15) is 0 Å². The molecule has 0 N–H and O–H groups in total. The molecule has 0 spiro atoms. The molecule has 6 heteroatoms. The zero-order valence-electron chi connectivity index (χ0n) is 18.0. The normalized spacial score (nSPS) is 11.8. The van der Waals surface area contributed by atoms with E-state index >= 15 is 0 Å². The molecule has 1 amide bonds. The smallest absolute Gasteiger partial charge is 0.254 e. The summed E-state index contributed by atoms with van der Waals surface area (Å²) in [6.45, 7) is 4.48. The fourth-order valence-corrected chi connectivity index (χ4v) is 3.75. The highest BCUT2D eigenvalue weighted by atomic mass is 35.5. The zero-order chi connectivity index (χ0) is 22.5. The van der Waals surface area contributed by atoms with Crippen molar-refractivity contribution in [2.24, 2.45) is 0 Å². The molecule has 4 rings (SSSR count). The number of hydrogen-bond acceptors (Lipinski definition) is 4. The number of nitrogens with zero attached hydrogens (tertiary/aromatic N) is 3.